The fraction of sp³-hybridized carbons (Fsp3) is 0.500. The van der Waals surface area contributed by atoms with Crippen molar-refractivity contribution in [2.45, 2.75) is 32.7 Å². The van der Waals surface area contributed by atoms with Crippen molar-refractivity contribution < 1.29 is 18.1 Å². The maximum atomic E-state index is 13.1. The van der Waals surface area contributed by atoms with Crippen LogP contribution in [0.4, 0.5) is 5.82 Å². The van der Waals surface area contributed by atoms with E-state index in [1.54, 1.807) is 10.4 Å². The predicted octanol–water partition coefficient (Wildman–Crippen LogP) is 2.35. The van der Waals surface area contributed by atoms with Gasteiger partial charge in [0.15, 0.2) is 5.82 Å². The number of hydrogen-bond donors (Lipinski definition) is 1. The molecule has 0 saturated carbocycles. The van der Waals surface area contributed by atoms with Gasteiger partial charge in [0.25, 0.3) is 0 Å². The second kappa shape index (κ2) is 11.0. The van der Waals surface area contributed by atoms with Gasteiger partial charge in [-0.15, -0.1) is 11.3 Å². The summed E-state index contributed by atoms with van der Waals surface area (Å²) in [6.07, 6.45) is 5.05. The minimum absolute atomic E-state index is 0.445. The lowest BCUT2D eigenvalue weighted by molar-refractivity contribution is -0.922. The van der Waals surface area contributed by atoms with Crippen molar-refractivity contribution in [1.82, 2.24) is 14.3 Å². The molecule has 0 unspecified atom stereocenters. The van der Waals surface area contributed by atoms with Crippen LogP contribution in [0.5, 0.6) is 0 Å². The Morgan fingerprint density at radius 1 is 1.11 bits per heavy atom. The maximum Gasteiger partial charge on any atom is 0.236 e. The number of morpholine rings is 1. The first kappa shape index (κ1) is 25.9. The van der Waals surface area contributed by atoms with Gasteiger partial charge in [-0.05, 0) is 42.4 Å². The molecule has 1 atom stereocenters. The molecule has 2 aromatic heterocycles. The van der Waals surface area contributed by atoms with Crippen LogP contribution < -0.4 is 9.80 Å². The molecule has 0 amide bonds. The Labute approximate surface area is 229 Å². The molecule has 2 fully saturated rings. The normalized spacial score (nSPS) is 21.8. The summed E-state index contributed by atoms with van der Waals surface area (Å²) >= 11 is 1.84. The summed E-state index contributed by atoms with van der Waals surface area (Å²) in [5.41, 5.74) is 2.30. The average molecular weight is 555 g/mol. The summed E-state index contributed by atoms with van der Waals surface area (Å²) in [4.78, 5) is 16.5. The van der Waals surface area contributed by atoms with Gasteiger partial charge in [0.05, 0.1) is 18.6 Å². The van der Waals surface area contributed by atoms with E-state index in [0.717, 1.165) is 67.7 Å². The van der Waals surface area contributed by atoms with Crippen molar-refractivity contribution in [2.75, 3.05) is 57.4 Å². The topological polar surface area (TPSA) is 80.1 Å². The molecule has 1 aliphatic carbocycles. The Kier molecular flexibility index (Phi) is 7.50. The molecule has 3 aliphatic rings. The van der Waals surface area contributed by atoms with E-state index in [4.69, 9.17) is 14.7 Å². The standard InChI is InChI=1S/C28H35N5O3S2/c1-21-7-8-23-24(19-21)37-28-26(23)27(29-25(30-28)20-31-14-16-36-17-15-31)32-10-12-33(13-11-32)38(34,35)18-9-22-5-3-2-4-6-22/h2-6,9,18,21H,7-8,10-17,19-20H2,1H3/p+1/b18-9+/t21-/m0/s1. The monoisotopic (exact) mass is 554 g/mol. The van der Waals surface area contributed by atoms with E-state index < -0.39 is 10.0 Å². The lowest BCUT2D eigenvalue weighted by Gasteiger charge is -2.35. The number of aromatic nitrogens is 2. The van der Waals surface area contributed by atoms with Crippen LogP contribution in [0.15, 0.2) is 35.7 Å². The van der Waals surface area contributed by atoms with E-state index in [-0.39, 0.29) is 0 Å². The second-order valence-electron chi connectivity index (χ2n) is 10.7. The highest BCUT2D eigenvalue weighted by Gasteiger charge is 2.30. The third-order valence-electron chi connectivity index (χ3n) is 7.92. The first-order valence-corrected chi connectivity index (χ1v) is 16.0. The smallest absolute Gasteiger partial charge is 0.236 e. The molecule has 2 saturated heterocycles. The number of sulfonamides is 1. The van der Waals surface area contributed by atoms with Crippen molar-refractivity contribution >= 4 is 43.5 Å². The molecule has 4 heterocycles. The Hall–Kier alpha value is -2.37. The Bertz CT molecular complexity index is 1410. The molecule has 2 aliphatic heterocycles. The number of hydrogen-bond acceptors (Lipinski definition) is 7. The molecule has 10 heteroatoms. The van der Waals surface area contributed by atoms with E-state index in [9.17, 15) is 8.42 Å². The van der Waals surface area contributed by atoms with Gasteiger partial charge in [-0.2, -0.15) is 4.31 Å². The molecule has 38 heavy (non-hydrogen) atoms. The summed E-state index contributed by atoms with van der Waals surface area (Å²) < 4.78 is 33.2. The minimum atomic E-state index is -3.49. The second-order valence-corrected chi connectivity index (χ2v) is 13.6. The third-order valence-corrected chi connectivity index (χ3v) is 10.6. The van der Waals surface area contributed by atoms with Crippen molar-refractivity contribution in [3.8, 4) is 0 Å². The highest BCUT2D eigenvalue weighted by Crippen LogP contribution is 2.41. The van der Waals surface area contributed by atoms with Gasteiger partial charge in [-0.3, -0.25) is 0 Å². The minimum Gasteiger partial charge on any atom is -0.370 e. The number of quaternary nitrogens is 1. The zero-order valence-corrected chi connectivity index (χ0v) is 23.6. The Morgan fingerprint density at radius 2 is 1.87 bits per heavy atom. The zero-order valence-electron chi connectivity index (χ0n) is 21.9. The zero-order chi connectivity index (χ0) is 26.1. The molecule has 0 bridgehead atoms. The lowest BCUT2D eigenvalue weighted by atomic mass is 9.89. The van der Waals surface area contributed by atoms with Crippen LogP contribution in [0.3, 0.4) is 0 Å². The molecular weight excluding hydrogens is 518 g/mol. The van der Waals surface area contributed by atoms with Gasteiger partial charge in [0.2, 0.25) is 10.0 Å². The molecule has 0 spiro atoms. The van der Waals surface area contributed by atoms with E-state index in [1.807, 2.05) is 41.7 Å². The summed E-state index contributed by atoms with van der Waals surface area (Å²) in [7, 11) is -3.49. The number of aryl methyl sites for hydroxylation is 1. The highest BCUT2D eigenvalue weighted by molar-refractivity contribution is 7.92. The number of piperazine rings is 1. The predicted molar refractivity (Wildman–Crippen MR) is 152 cm³/mol. The van der Waals surface area contributed by atoms with Gasteiger partial charge in [0, 0.05) is 36.5 Å². The molecule has 1 aromatic carbocycles. The molecular formula is C28H36N5O3S2+. The quantitative estimate of drug-likeness (QED) is 0.504. The number of anilines is 1. The van der Waals surface area contributed by atoms with Gasteiger partial charge >= 0.3 is 0 Å². The van der Waals surface area contributed by atoms with E-state index >= 15 is 0 Å². The first-order chi connectivity index (χ1) is 18.5. The van der Waals surface area contributed by atoms with E-state index in [2.05, 4.69) is 11.8 Å². The number of thiophene rings is 1. The van der Waals surface area contributed by atoms with E-state index in [0.29, 0.717) is 32.1 Å². The van der Waals surface area contributed by atoms with Crippen LogP contribution in [-0.4, -0.2) is 75.2 Å². The number of ether oxygens (including phenoxy) is 1. The summed E-state index contributed by atoms with van der Waals surface area (Å²) in [5, 5.41) is 2.54. The number of nitrogens with zero attached hydrogens (tertiary/aromatic N) is 4. The van der Waals surface area contributed by atoms with Crippen molar-refractivity contribution in [2.24, 2.45) is 5.92 Å². The summed E-state index contributed by atoms with van der Waals surface area (Å²) in [5.74, 6) is 2.58. The van der Waals surface area contributed by atoms with Crippen LogP contribution in [-0.2, 0) is 34.1 Å². The fourth-order valence-electron chi connectivity index (χ4n) is 5.70. The number of fused-ring (bicyclic) bond motifs is 3. The molecule has 6 rings (SSSR count). The van der Waals surface area contributed by atoms with Crippen molar-refractivity contribution in [3.63, 3.8) is 0 Å². The number of benzene rings is 1. The fourth-order valence-corrected chi connectivity index (χ4v) is 8.27. The van der Waals surface area contributed by atoms with Crippen LogP contribution in [0.1, 0.15) is 35.2 Å². The number of nitrogens with one attached hydrogen (secondary N) is 1. The Balaban J connectivity index is 1.26. The summed E-state index contributed by atoms with van der Waals surface area (Å²) in [6.45, 7) is 8.77. The van der Waals surface area contributed by atoms with Crippen molar-refractivity contribution in [1.29, 1.82) is 0 Å². The van der Waals surface area contributed by atoms with Gasteiger partial charge in [-0.25, -0.2) is 18.4 Å². The third kappa shape index (κ3) is 5.51. The lowest BCUT2D eigenvalue weighted by Crippen LogP contribution is -3.12. The van der Waals surface area contributed by atoms with Gasteiger partial charge in [0.1, 0.15) is 30.3 Å². The van der Waals surface area contributed by atoms with Crippen LogP contribution in [0.25, 0.3) is 16.3 Å². The van der Waals surface area contributed by atoms with Gasteiger partial charge in [-0.1, -0.05) is 37.3 Å². The molecule has 1 N–H and O–H groups in total. The maximum absolute atomic E-state index is 13.1. The molecule has 202 valence electrons. The van der Waals surface area contributed by atoms with Crippen molar-refractivity contribution in [3.05, 3.63) is 57.6 Å². The van der Waals surface area contributed by atoms with Crippen LogP contribution >= 0.6 is 11.3 Å². The molecule has 8 nitrogen and oxygen atoms in total. The number of rotatable bonds is 6. The molecule has 0 radical (unpaired) electrons. The van der Waals surface area contributed by atoms with Gasteiger partial charge < -0.3 is 14.5 Å². The van der Waals surface area contributed by atoms with Crippen LogP contribution in [0.2, 0.25) is 0 Å². The van der Waals surface area contributed by atoms with E-state index in [1.165, 1.54) is 32.6 Å². The van der Waals surface area contributed by atoms with Crippen LogP contribution in [0, 0.1) is 5.92 Å². The SMILES string of the molecule is C[C@H]1CCc2c(sc3nc(C[NH+]4CCOCC4)nc(N4CCN(S(=O)(=O)/C=C/c5ccccc5)CC4)c23)C1. The largest absolute Gasteiger partial charge is 0.370 e. The Morgan fingerprint density at radius 3 is 2.63 bits per heavy atom. The molecule has 3 aromatic rings. The first-order valence-electron chi connectivity index (χ1n) is 13.7. The highest BCUT2D eigenvalue weighted by atomic mass is 32.2. The summed E-state index contributed by atoms with van der Waals surface area (Å²) in [6, 6.07) is 9.55. The average Bonchev–Trinajstić information content (AvgIpc) is 3.30.